The Morgan fingerprint density at radius 3 is 2.23 bits per heavy atom. The molecule has 0 bridgehead atoms. The van der Waals surface area contributed by atoms with Gasteiger partial charge in [-0.15, -0.1) is 0 Å². The maximum absolute atomic E-state index is 11.8. The van der Waals surface area contributed by atoms with E-state index in [-0.39, 0.29) is 48.2 Å². The minimum Gasteiger partial charge on any atom is -0.505 e. The van der Waals surface area contributed by atoms with Crippen molar-refractivity contribution in [2.45, 2.75) is 0 Å². The molecule has 0 amide bonds. The van der Waals surface area contributed by atoms with Gasteiger partial charge >= 0.3 is 0 Å². The number of carbonyl (C=O) groups is 2. The van der Waals surface area contributed by atoms with Gasteiger partial charge in [0.2, 0.25) is 0 Å². The van der Waals surface area contributed by atoms with E-state index in [0.29, 0.717) is 0 Å². The second kappa shape index (κ2) is 6.78. The van der Waals surface area contributed by atoms with Crippen molar-refractivity contribution in [1.82, 2.24) is 0 Å². The molecule has 4 N–H and O–H groups in total. The fraction of sp³-hybridized carbons (Fsp3) is 0.286. The molecule has 0 fully saturated rings. The molecule has 7 nitrogen and oxygen atoms in total. The first kappa shape index (κ1) is 16.3. The van der Waals surface area contributed by atoms with Crippen molar-refractivity contribution in [2.75, 3.05) is 31.7 Å². The number of hydrogen-bond acceptors (Lipinski definition) is 7. The zero-order valence-electron chi connectivity index (χ0n) is 11.4. The maximum Gasteiger partial charge on any atom is 0.190 e. The Kier molecular flexibility index (Phi) is 5.02. The summed E-state index contributed by atoms with van der Waals surface area (Å²) < 4.78 is 5.03. The summed E-state index contributed by atoms with van der Waals surface area (Å²) in [6, 6.07) is 0. The SMILES string of the molecule is O=C1C=CC(=O)c2c(O)c(NCCOCCO)c(Cl)c(O)c21. The Balaban J connectivity index is 2.33. The average molecular weight is 328 g/mol. The molecule has 0 saturated heterocycles. The van der Waals surface area contributed by atoms with Gasteiger partial charge in [-0.2, -0.15) is 0 Å². The Morgan fingerprint density at radius 2 is 1.64 bits per heavy atom. The van der Waals surface area contributed by atoms with E-state index in [1.807, 2.05) is 0 Å². The second-order valence-corrected chi connectivity index (χ2v) is 4.84. The van der Waals surface area contributed by atoms with Gasteiger partial charge in [-0.05, 0) is 12.2 Å². The number of aliphatic hydroxyl groups excluding tert-OH is 1. The van der Waals surface area contributed by atoms with Gasteiger partial charge in [0, 0.05) is 6.54 Å². The molecule has 0 aliphatic heterocycles. The number of aromatic hydroxyl groups is 2. The van der Waals surface area contributed by atoms with Crippen molar-refractivity contribution in [3.8, 4) is 11.5 Å². The molecule has 0 spiro atoms. The first-order valence-corrected chi connectivity index (χ1v) is 6.83. The van der Waals surface area contributed by atoms with Crippen LogP contribution in [0.1, 0.15) is 20.7 Å². The van der Waals surface area contributed by atoms with Gasteiger partial charge < -0.3 is 25.4 Å². The third-order valence-electron chi connectivity index (χ3n) is 3.05. The number of hydrogen-bond donors (Lipinski definition) is 4. The number of ketones is 2. The summed E-state index contributed by atoms with van der Waals surface area (Å²) in [6.07, 6.45) is 2.03. The number of fused-ring (bicyclic) bond motifs is 1. The predicted octanol–water partition coefficient (Wildman–Crippen LogP) is 1.11. The molecule has 1 aromatic rings. The summed E-state index contributed by atoms with van der Waals surface area (Å²) >= 11 is 5.95. The lowest BCUT2D eigenvalue weighted by atomic mass is 9.92. The monoisotopic (exact) mass is 327 g/mol. The predicted molar refractivity (Wildman–Crippen MR) is 79.0 cm³/mol. The largest absolute Gasteiger partial charge is 0.505 e. The molecule has 1 aliphatic carbocycles. The average Bonchev–Trinajstić information content (AvgIpc) is 2.50. The van der Waals surface area contributed by atoms with Crippen LogP contribution in [0, 0.1) is 0 Å². The molecular formula is C14H14ClNO6. The van der Waals surface area contributed by atoms with Crippen LogP contribution in [0.4, 0.5) is 5.69 Å². The van der Waals surface area contributed by atoms with Crippen molar-refractivity contribution in [1.29, 1.82) is 0 Å². The number of ether oxygens (including phenoxy) is 1. The standard InChI is InChI=1S/C14H14ClNO6/c15-11-12(16-3-5-22-6-4-17)14(21)10-8(19)2-1-7(18)9(10)13(11)20/h1-2,16-17,20-21H,3-6H2. The molecule has 118 valence electrons. The molecule has 0 aromatic heterocycles. The van der Waals surface area contributed by atoms with E-state index < -0.39 is 23.1 Å². The second-order valence-electron chi connectivity index (χ2n) is 4.46. The van der Waals surface area contributed by atoms with E-state index in [9.17, 15) is 19.8 Å². The summed E-state index contributed by atoms with van der Waals surface area (Å²) in [7, 11) is 0. The minimum atomic E-state index is -0.609. The molecule has 0 heterocycles. The van der Waals surface area contributed by atoms with E-state index in [2.05, 4.69) is 5.32 Å². The molecule has 0 unspecified atom stereocenters. The smallest absolute Gasteiger partial charge is 0.190 e. The van der Waals surface area contributed by atoms with Crippen LogP contribution in [-0.2, 0) is 4.74 Å². The number of phenols is 2. The Hall–Kier alpha value is -2.09. The number of aliphatic hydroxyl groups is 1. The van der Waals surface area contributed by atoms with E-state index in [1.165, 1.54) is 0 Å². The van der Waals surface area contributed by atoms with Crippen LogP contribution < -0.4 is 5.32 Å². The molecule has 2 rings (SSSR count). The van der Waals surface area contributed by atoms with Gasteiger partial charge in [0.05, 0.1) is 30.9 Å². The lowest BCUT2D eigenvalue weighted by molar-refractivity contribution is 0.0987. The van der Waals surface area contributed by atoms with Crippen molar-refractivity contribution >= 4 is 28.9 Å². The lowest BCUT2D eigenvalue weighted by Crippen LogP contribution is -2.16. The third kappa shape index (κ3) is 2.92. The highest BCUT2D eigenvalue weighted by atomic mass is 35.5. The van der Waals surface area contributed by atoms with Crippen LogP contribution in [0.25, 0.3) is 0 Å². The Bertz CT molecular complexity index is 655. The zero-order valence-corrected chi connectivity index (χ0v) is 12.2. The summed E-state index contributed by atoms with van der Waals surface area (Å²) in [5.74, 6) is -2.26. The summed E-state index contributed by atoms with van der Waals surface area (Å²) in [6.45, 7) is 0.466. The topological polar surface area (TPSA) is 116 Å². The van der Waals surface area contributed by atoms with Crippen LogP contribution in [0.5, 0.6) is 11.5 Å². The number of carbonyl (C=O) groups excluding carboxylic acids is 2. The first-order valence-electron chi connectivity index (χ1n) is 6.45. The number of benzene rings is 1. The normalized spacial score (nSPS) is 13.4. The molecule has 22 heavy (non-hydrogen) atoms. The van der Waals surface area contributed by atoms with Crippen molar-refractivity contribution in [2.24, 2.45) is 0 Å². The highest BCUT2D eigenvalue weighted by molar-refractivity contribution is 6.37. The van der Waals surface area contributed by atoms with E-state index in [1.54, 1.807) is 0 Å². The fourth-order valence-electron chi connectivity index (χ4n) is 2.07. The zero-order chi connectivity index (χ0) is 16.3. The number of halogens is 1. The summed E-state index contributed by atoms with van der Waals surface area (Å²) in [5.41, 5.74) is -0.646. The molecule has 8 heteroatoms. The van der Waals surface area contributed by atoms with E-state index >= 15 is 0 Å². The number of rotatable bonds is 6. The van der Waals surface area contributed by atoms with E-state index in [0.717, 1.165) is 12.2 Å². The number of allylic oxidation sites excluding steroid dienone is 2. The number of nitrogens with one attached hydrogen (secondary N) is 1. The minimum absolute atomic E-state index is 0.0537. The Labute approximate surface area is 130 Å². The van der Waals surface area contributed by atoms with Crippen LogP contribution in [0.3, 0.4) is 0 Å². The molecular weight excluding hydrogens is 314 g/mol. The molecule has 0 atom stereocenters. The van der Waals surface area contributed by atoms with Crippen LogP contribution in [0.2, 0.25) is 5.02 Å². The van der Waals surface area contributed by atoms with Gasteiger partial charge in [-0.1, -0.05) is 11.6 Å². The Morgan fingerprint density at radius 1 is 1.05 bits per heavy atom. The third-order valence-corrected chi connectivity index (χ3v) is 3.42. The van der Waals surface area contributed by atoms with Gasteiger partial charge in [-0.25, -0.2) is 0 Å². The van der Waals surface area contributed by atoms with Gasteiger partial charge in [-0.3, -0.25) is 9.59 Å². The molecule has 1 aromatic carbocycles. The molecule has 0 saturated carbocycles. The van der Waals surface area contributed by atoms with Gasteiger partial charge in [0.1, 0.15) is 16.5 Å². The highest BCUT2D eigenvalue weighted by Gasteiger charge is 2.31. The summed E-state index contributed by atoms with van der Waals surface area (Å²) in [5, 5.41) is 31.3. The quantitative estimate of drug-likeness (QED) is 0.351. The maximum atomic E-state index is 11.8. The summed E-state index contributed by atoms with van der Waals surface area (Å²) in [4.78, 5) is 23.6. The first-order chi connectivity index (χ1) is 10.5. The molecule has 1 aliphatic rings. The van der Waals surface area contributed by atoms with Crippen LogP contribution in [-0.4, -0.2) is 53.3 Å². The highest BCUT2D eigenvalue weighted by Crippen LogP contribution is 2.46. The molecule has 0 radical (unpaired) electrons. The van der Waals surface area contributed by atoms with Crippen molar-refractivity contribution < 1.29 is 29.6 Å². The van der Waals surface area contributed by atoms with Gasteiger partial charge in [0.25, 0.3) is 0 Å². The van der Waals surface area contributed by atoms with Crippen molar-refractivity contribution in [3.63, 3.8) is 0 Å². The number of phenolic OH excluding ortho intramolecular Hbond substituents is 2. The number of anilines is 1. The fourth-order valence-corrected chi connectivity index (χ4v) is 2.32. The van der Waals surface area contributed by atoms with Crippen LogP contribution >= 0.6 is 11.6 Å². The van der Waals surface area contributed by atoms with E-state index in [4.69, 9.17) is 21.4 Å². The lowest BCUT2D eigenvalue weighted by Gasteiger charge is -2.18. The van der Waals surface area contributed by atoms with Crippen LogP contribution in [0.15, 0.2) is 12.2 Å². The van der Waals surface area contributed by atoms with Gasteiger partial charge in [0.15, 0.2) is 17.3 Å². The van der Waals surface area contributed by atoms with Crippen molar-refractivity contribution in [3.05, 3.63) is 28.3 Å².